The SMILES string of the molecule is CC(C)(C)NC(=O)C1(C2C(=O)ON(c3ccccc3)C2=O)CCCCC1. The molecule has 0 spiro atoms. The van der Waals surface area contributed by atoms with E-state index in [4.69, 9.17) is 4.84 Å². The summed E-state index contributed by atoms with van der Waals surface area (Å²) in [6.07, 6.45) is 3.68. The molecular weight excluding hydrogens is 332 g/mol. The number of rotatable bonds is 3. The van der Waals surface area contributed by atoms with E-state index in [2.05, 4.69) is 5.32 Å². The molecule has 0 radical (unpaired) electrons. The maximum atomic E-state index is 13.2. The summed E-state index contributed by atoms with van der Waals surface area (Å²) in [5.74, 6) is -2.41. The molecule has 26 heavy (non-hydrogen) atoms. The Morgan fingerprint density at radius 2 is 1.73 bits per heavy atom. The van der Waals surface area contributed by atoms with Crippen molar-refractivity contribution in [2.24, 2.45) is 11.3 Å². The molecule has 140 valence electrons. The largest absolute Gasteiger partial charge is 0.351 e. The van der Waals surface area contributed by atoms with Gasteiger partial charge in [-0.3, -0.25) is 9.59 Å². The number of benzene rings is 1. The molecule has 1 heterocycles. The molecule has 2 aliphatic rings. The number of hydroxylamine groups is 1. The lowest BCUT2D eigenvalue weighted by atomic mass is 9.64. The van der Waals surface area contributed by atoms with Gasteiger partial charge in [0.05, 0.1) is 11.1 Å². The van der Waals surface area contributed by atoms with Gasteiger partial charge in [0.25, 0.3) is 5.91 Å². The summed E-state index contributed by atoms with van der Waals surface area (Å²) < 4.78 is 0. The second kappa shape index (κ2) is 6.74. The number of para-hydroxylation sites is 1. The fourth-order valence-electron chi connectivity index (χ4n) is 3.91. The molecular formula is C20H26N2O4. The number of hydrogen-bond acceptors (Lipinski definition) is 4. The molecule has 0 aromatic heterocycles. The average molecular weight is 358 g/mol. The Morgan fingerprint density at radius 3 is 2.31 bits per heavy atom. The molecule has 1 aliphatic carbocycles. The van der Waals surface area contributed by atoms with Crippen LogP contribution >= 0.6 is 0 Å². The first-order valence-electron chi connectivity index (χ1n) is 9.18. The van der Waals surface area contributed by atoms with Gasteiger partial charge in [-0.25, -0.2) is 4.79 Å². The van der Waals surface area contributed by atoms with Crippen LogP contribution in [0.2, 0.25) is 0 Å². The van der Waals surface area contributed by atoms with Crippen LogP contribution in [-0.2, 0) is 19.2 Å². The van der Waals surface area contributed by atoms with E-state index in [9.17, 15) is 14.4 Å². The Hall–Kier alpha value is -2.37. The van der Waals surface area contributed by atoms with Crippen LogP contribution in [0.15, 0.2) is 30.3 Å². The van der Waals surface area contributed by atoms with Gasteiger partial charge in [-0.2, -0.15) is 0 Å². The number of anilines is 1. The van der Waals surface area contributed by atoms with Crippen LogP contribution in [0.4, 0.5) is 5.69 Å². The predicted molar refractivity (Wildman–Crippen MR) is 96.9 cm³/mol. The van der Waals surface area contributed by atoms with Gasteiger partial charge >= 0.3 is 5.97 Å². The standard InChI is InChI=1S/C20H26N2O4/c1-19(2,3)21-18(25)20(12-8-5-9-13-20)15-16(23)22(26-17(15)24)14-10-6-4-7-11-14/h4,6-7,10-11,15H,5,8-9,12-13H2,1-3H3,(H,21,25). The Labute approximate surface area is 153 Å². The molecule has 1 aromatic carbocycles. The van der Waals surface area contributed by atoms with Crippen LogP contribution in [0, 0.1) is 11.3 Å². The van der Waals surface area contributed by atoms with E-state index in [1.165, 1.54) is 0 Å². The lowest BCUT2D eigenvalue weighted by molar-refractivity contribution is -0.154. The summed E-state index contributed by atoms with van der Waals surface area (Å²) in [5.41, 5.74) is -0.981. The van der Waals surface area contributed by atoms with Crippen molar-refractivity contribution in [1.29, 1.82) is 0 Å². The lowest BCUT2D eigenvalue weighted by Crippen LogP contribution is -2.55. The number of amides is 2. The number of carbonyl (C=O) groups is 3. The lowest BCUT2D eigenvalue weighted by Gasteiger charge is -2.39. The van der Waals surface area contributed by atoms with E-state index in [1.54, 1.807) is 24.3 Å². The highest BCUT2D eigenvalue weighted by molar-refractivity contribution is 6.14. The van der Waals surface area contributed by atoms with Gasteiger partial charge in [0.15, 0.2) is 5.92 Å². The summed E-state index contributed by atoms with van der Waals surface area (Å²) >= 11 is 0. The summed E-state index contributed by atoms with van der Waals surface area (Å²) in [4.78, 5) is 44.2. The highest BCUT2D eigenvalue weighted by Crippen LogP contribution is 2.47. The maximum absolute atomic E-state index is 13.2. The van der Waals surface area contributed by atoms with Gasteiger partial charge in [-0.05, 0) is 45.7 Å². The topological polar surface area (TPSA) is 75.7 Å². The number of nitrogens with zero attached hydrogens (tertiary/aromatic N) is 1. The molecule has 1 unspecified atom stereocenters. The number of nitrogens with one attached hydrogen (secondary N) is 1. The maximum Gasteiger partial charge on any atom is 0.346 e. The van der Waals surface area contributed by atoms with Crippen LogP contribution in [-0.4, -0.2) is 23.3 Å². The third-order valence-corrected chi connectivity index (χ3v) is 5.09. The Bertz CT molecular complexity index is 702. The summed E-state index contributed by atoms with van der Waals surface area (Å²) in [6.45, 7) is 5.69. The predicted octanol–water partition coefficient (Wildman–Crippen LogP) is 2.97. The Balaban J connectivity index is 1.95. The Morgan fingerprint density at radius 1 is 1.12 bits per heavy atom. The van der Waals surface area contributed by atoms with Gasteiger partial charge in [0.1, 0.15) is 0 Å². The van der Waals surface area contributed by atoms with E-state index >= 15 is 0 Å². The zero-order valence-corrected chi connectivity index (χ0v) is 15.6. The molecule has 2 amide bonds. The molecule has 1 saturated heterocycles. The van der Waals surface area contributed by atoms with Crippen LogP contribution in [0.3, 0.4) is 0 Å². The summed E-state index contributed by atoms with van der Waals surface area (Å²) in [6, 6.07) is 8.77. The van der Waals surface area contributed by atoms with Crippen molar-refractivity contribution in [2.45, 2.75) is 58.4 Å². The van der Waals surface area contributed by atoms with Gasteiger partial charge in [0.2, 0.25) is 5.91 Å². The third kappa shape index (κ3) is 3.32. The molecule has 0 bridgehead atoms. The second-order valence-corrected chi connectivity index (χ2v) is 8.23. The van der Waals surface area contributed by atoms with E-state index in [1.807, 2.05) is 26.8 Å². The van der Waals surface area contributed by atoms with E-state index in [-0.39, 0.29) is 5.91 Å². The van der Waals surface area contributed by atoms with Crippen molar-refractivity contribution in [1.82, 2.24) is 5.32 Å². The first-order valence-corrected chi connectivity index (χ1v) is 9.18. The van der Waals surface area contributed by atoms with Gasteiger partial charge in [-0.1, -0.05) is 37.5 Å². The normalized spacial score (nSPS) is 22.9. The van der Waals surface area contributed by atoms with Crippen LogP contribution in [0.5, 0.6) is 0 Å². The van der Waals surface area contributed by atoms with Crippen molar-refractivity contribution in [3.05, 3.63) is 30.3 Å². The van der Waals surface area contributed by atoms with Gasteiger partial charge in [-0.15, -0.1) is 5.06 Å². The molecule has 6 heteroatoms. The fourth-order valence-corrected chi connectivity index (χ4v) is 3.91. The minimum atomic E-state index is -1.09. The Kier molecular flexibility index (Phi) is 4.78. The van der Waals surface area contributed by atoms with Gasteiger partial charge < -0.3 is 10.2 Å². The summed E-state index contributed by atoms with van der Waals surface area (Å²) in [5, 5.41) is 4.02. The minimum absolute atomic E-state index is 0.227. The third-order valence-electron chi connectivity index (χ3n) is 5.09. The molecule has 1 atom stereocenters. The molecule has 1 aromatic rings. The molecule has 1 aliphatic heterocycles. The quantitative estimate of drug-likeness (QED) is 0.843. The highest BCUT2D eigenvalue weighted by Gasteiger charge is 2.59. The molecule has 1 N–H and O–H groups in total. The molecule has 3 rings (SSSR count). The van der Waals surface area contributed by atoms with Crippen molar-refractivity contribution in [3.8, 4) is 0 Å². The van der Waals surface area contributed by atoms with Crippen LogP contribution in [0.25, 0.3) is 0 Å². The second-order valence-electron chi connectivity index (χ2n) is 8.23. The van der Waals surface area contributed by atoms with Crippen molar-refractivity contribution in [2.75, 3.05) is 5.06 Å². The summed E-state index contributed by atoms with van der Waals surface area (Å²) in [7, 11) is 0. The average Bonchev–Trinajstić information content (AvgIpc) is 2.89. The van der Waals surface area contributed by atoms with Gasteiger partial charge in [0, 0.05) is 5.54 Å². The van der Waals surface area contributed by atoms with Crippen molar-refractivity contribution in [3.63, 3.8) is 0 Å². The first kappa shape index (κ1) is 18.4. The highest BCUT2D eigenvalue weighted by atomic mass is 16.7. The zero-order chi connectivity index (χ0) is 18.9. The van der Waals surface area contributed by atoms with Crippen molar-refractivity contribution < 1.29 is 19.2 Å². The van der Waals surface area contributed by atoms with Crippen LogP contribution in [0.1, 0.15) is 52.9 Å². The smallest absolute Gasteiger partial charge is 0.346 e. The van der Waals surface area contributed by atoms with E-state index in [0.29, 0.717) is 18.5 Å². The van der Waals surface area contributed by atoms with Crippen molar-refractivity contribution >= 4 is 23.5 Å². The number of hydrogen-bond donors (Lipinski definition) is 1. The first-order chi connectivity index (χ1) is 12.2. The van der Waals surface area contributed by atoms with E-state index in [0.717, 1.165) is 24.3 Å². The zero-order valence-electron chi connectivity index (χ0n) is 15.6. The molecule has 2 fully saturated rings. The minimum Gasteiger partial charge on any atom is -0.351 e. The van der Waals surface area contributed by atoms with E-state index < -0.39 is 28.7 Å². The van der Waals surface area contributed by atoms with Crippen LogP contribution < -0.4 is 10.4 Å². The molecule has 1 saturated carbocycles. The fraction of sp³-hybridized carbons (Fsp3) is 0.550. The number of carbonyl (C=O) groups excluding carboxylic acids is 3. The molecule has 6 nitrogen and oxygen atoms in total. The monoisotopic (exact) mass is 358 g/mol.